The molecule has 2 aromatic carbocycles. The van der Waals surface area contributed by atoms with Crippen LogP contribution in [0.25, 0.3) is 22.3 Å². The number of ether oxygens (including phenoxy) is 1. The summed E-state index contributed by atoms with van der Waals surface area (Å²) in [4.78, 5) is 12.7. The first-order valence-electron chi connectivity index (χ1n) is 8.58. The topological polar surface area (TPSA) is 67.0 Å². The predicted octanol–water partition coefficient (Wildman–Crippen LogP) is 3.82. The molecule has 0 radical (unpaired) electrons. The maximum atomic E-state index is 12.7. The van der Waals surface area contributed by atoms with Crippen molar-refractivity contribution >= 4 is 5.91 Å². The van der Waals surface area contributed by atoms with Gasteiger partial charge in [-0.15, -0.1) is 0 Å². The van der Waals surface area contributed by atoms with Crippen molar-refractivity contribution in [1.82, 2.24) is 15.5 Å². The third kappa shape index (κ3) is 4.18. The van der Waals surface area contributed by atoms with Crippen molar-refractivity contribution in [3.63, 3.8) is 0 Å². The molecule has 1 atom stereocenters. The predicted molar refractivity (Wildman–Crippen MR) is 103 cm³/mol. The molecule has 1 aromatic heterocycles. The monoisotopic (exact) mass is 349 g/mol. The molecule has 1 unspecified atom stereocenters. The Labute approximate surface area is 153 Å². The van der Waals surface area contributed by atoms with Crippen molar-refractivity contribution in [2.45, 2.75) is 19.9 Å². The summed E-state index contributed by atoms with van der Waals surface area (Å²) in [6, 6.07) is 14.1. The van der Waals surface area contributed by atoms with E-state index in [2.05, 4.69) is 52.8 Å². The van der Waals surface area contributed by atoms with Crippen molar-refractivity contribution in [2.75, 3.05) is 13.7 Å². The Hall–Kier alpha value is -2.92. The molecular weight excluding hydrogens is 326 g/mol. The van der Waals surface area contributed by atoms with Crippen molar-refractivity contribution in [3.05, 3.63) is 66.0 Å². The third-order valence-electron chi connectivity index (χ3n) is 4.21. The highest BCUT2D eigenvalue weighted by Gasteiger charge is 2.13. The largest absolute Gasteiger partial charge is 0.383 e. The molecule has 0 aliphatic heterocycles. The van der Waals surface area contributed by atoms with E-state index in [1.165, 1.54) is 5.56 Å². The average Bonchev–Trinajstić information content (AvgIpc) is 3.17. The van der Waals surface area contributed by atoms with Crippen LogP contribution in [0.4, 0.5) is 0 Å². The number of aromatic nitrogens is 2. The van der Waals surface area contributed by atoms with Crippen LogP contribution in [0.5, 0.6) is 0 Å². The zero-order valence-electron chi connectivity index (χ0n) is 15.2. The van der Waals surface area contributed by atoms with E-state index in [0.29, 0.717) is 12.2 Å². The van der Waals surface area contributed by atoms with E-state index in [1.807, 2.05) is 25.3 Å². The summed E-state index contributed by atoms with van der Waals surface area (Å²) in [6.07, 6.45) is 3.58. The van der Waals surface area contributed by atoms with E-state index in [4.69, 9.17) is 4.74 Å². The van der Waals surface area contributed by atoms with Crippen molar-refractivity contribution < 1.29 is 9.53 Å². The van der Waals surface area contributed by atoms with Gasteiger partial charge < -0.3 is 10.1 Å². The Morgan fingerprint density at radius 2 is 1.81 bits per heavy atom. The van der Waals surface area contributed by atoms with Gasteiger partial charge >= 0.3 is 0 Å². The Morgan fingerprint density at radius 3 is 2.42 bits per heavy atom. The van der Waals surface area contributed by atoms with E-state index in [0.717, 1.165) is 22.3 Å². The minimum atomic E-state index is -0.117. The lowest BCUT2D eigenvalue weighted by molar-refractivity contribution is 0.0905. The number of aromatic amines is 1. The SMILES string of the molecule is COCC(C)NC(=O)c1cc(-c2ccc(C)cc2)cc(-c2cn[nH]c2)c1. The number of aryl methyl sites for hydroxylation is 1. The number of nitrogens with zero attached hydrogens (tertiary/aromatic N) is 1. The minimum Gasteiger partial charge on any atom is -0.383 e. The summed E-state index contributed by atoms with van der Waals surface area (Å²) >= 11 is 0. The van der Waals surface area contributed by atoms with Gasteiger partial charge in [-0.05, 0) is 48.7 Å². The number of carbonyl (C=O) groups is 1. The highest BCUT2D eigenvalue weighted by atomic mass is 16.5. The smallest absolute Gasteiger partial charge is 0.251 e. The number of hydrogen-bond donors (Lipinski definition) is 2. The maximum absolute atomic E-state index is 12.7. The van der Waals surface area contributed by atoms with Gasteiger partial charge in [-0.2, -0.15) is 5.10 Å². The van der Waals surface area contributed by atoms with Gasteiger partial charge in [-0.25, -0.2) is 0 Å². The van der Waals surface area contributed by atoms with Crippen LogP contribution in [0.3, 0.4) is 0 Å². The molecule has 2 N–H and O–H groups in total. The number of hydrogen-bond acceptors (Lipinski definition) is 3. The molecule has 0 spiro atoms. The summed E-state index contributed by atoms with van der Waals surface area (Å²) in [6.45, 7) is 4.45. The molecular formula is C21H23N3O2. The molecule has 134 valence electrons. The number of H-pyrrole nitrogens is 1. The lowest BCUT2D eigenvalue weighted by Gasteiger charge is -2.14. The summed E-state index contributed by atoms with van der Waals surface area (Å²) in [7, 11) is 1.62. The highest BCUT2D eigenvalue weighted by Crippen LogP contribution is 2.28. The number of nitrogens with one attached hydrogen (secondary N) is 2. The molecule has 0 fully saturated rings. The fourth-order valence-electron chi connectivity index (χ4n) is 2.85. The van der Waals surface area contributed by atoms with Gasteiger partial charge in [0.1, 0.15) is 0 Å². The van der Waals surface area contributed by atoms with Gasteiger partial charge in [0.15, 0.2) is 0 Å². The van der Waals surface area contributed by atoms with Crippen LogP contribution in [0, 0.1) is 6.92 Å². The van der Waals surface area contributed by atoms with Gasteiger partial charge in [-0.3, -0.25) is 9.89 Å². The van der Waals surface area contributed by atoms with Crippen LogP contribution >= 0.6 is 0 Å². The zero-order valence-corrected chi connectivity index (χ0v) is 15.2. The quantitative estimate of drug-likeness (QED) is 0.711. The summed E-state index contributed by atoms with van der Waals surface area (Å²) in [5, 5.41) is 9.81. The van der Waals surface area contributed by atoms with E-state index >= 15 is 0 Å². The van der Waals surface area contributed by atoms with E-state index in [1.54, 1.807) is 13.3 Å². The molecule has 5 nitrogen and oxygen atoms in total. The molecule has 3 rings (SSSR count). The molecule has 0 aliphatic carbocycles. The van der Waals surface area contributed by atoms with E-state index < -0.39 is 0 Å². The first-order valence-corrected chi connectivity index (χ1v) is 8.58. The number of benzene rings is 2. The molecule has 0 bridgehead atoms. The number of rotatable bonds is 6. The van der Waals surface area contributed by atoms with Crippen molar-refractivity contribution in [1.29, 1.82) is 0 Å². The van der Waals surface area contributed by atoms with Crippen molar-refractivity contribution in [3.8, 4) is 22.3 Å². The first kappa shape index (κ1) is 17.9. The Balaban J connectivity index is 2.00. The van der Waals surface area contributed by atoms with Crippen LogP contribution in [0.2, 0.25) is 0 Å². The summed E-state index contributed by atoms with van der Waals surface area (Å²) < 4.78 is 5.10. The van der Waals surface area contributed by atoms with Crippen LogP contribution in [-0.2, 0) is 4.74 Å². The maximum Gasteiger partial charge on any atom is 0.251 e. The second kappa shape index (κ2) is 7.97. The fourth-order valence-corrected chi connectivity index (χ4v) is 2.85. The molecule has 0 saturated heterocycles. The molecule has 0 aliphatic rings. The lowest BCUT2D eigenvalue weighted by atomic mass is 9.96. The van der Waals surface area contributed by atoms with Gasteiger partial charge in [0.25, 0.3) is 5.91 Å². The molecule has 0 saturated carbocycles. The van der Waals surface area contributed by atoms with Crippen LogP contribution in [0.15, 0.2) is 54.9 Å². The average molecular weight is 349 g/mol. The van der Waals surface area contributed by atoms with E-state index in [9.17, 15) is 4.79 Å². The molecule has 26 heavy (non-hydrogen) atoms. The van der Waals surface area contributed by atoms with Crippen LogP contribution < -0.4 is 5.32 Å². The van der Waals surface area contributed by atoms with Crippen molar-refractivity contribution in [2.24, 2.45) is 0 Å². The molecule has 1 amide bonds. The van der Waals surface area contributed by atoms with Crippen LogP contribution in [0.1, 0.15) is 22.8 Å². The Bertz CT molecular complexity index is 871. The number of methoxy groups -OCH3 is 1. The molecule has 1 heterocycles. The Kier molecular flexibility index (Phi) is 5.49. The number of carbonyl (C=O) groups excluding carboxylic acids is 1. The number of amides is 1. The molecule has 3 aromatic rings. The third-order valence-corrected chi connectivity index (χ3v) is 4.21. The first-order chi connectivity index (χ1) is 12.6. The fraction of sp³-hybridized carbons (Fsp3) is 0.238. The molecule has 5 heteroatoms. The summed E-state index contributed by atoms with van der Waals surface area (Å²) in [5.74, 6) is -0.117. The standard InChI is InChI=1S/C21H23N3O2/c1-14-4-6-16(7-5-14)17-8-18(20-11-22-23-12-20)10-19(9-17)21(25)24-15(2)13-26-3/h4-12,15H,13H2,1-3H3,(H,22,23)(H,24,25). The highest BCUT2D eigenvalue weighted by molar-refractivity contribution is 5.97. The van der Waals surface area contributed by atoms with Gasteiger partial charge in [0, 0.05) is 30.5 Å². The zero-order chi connectivity index (χ0) is 18.5. The second-order valence-corrected chi connectivity index (χ2v) is 6.48. The Morgan fingerprint density at radius 1 is 1.12 bits per heavy atom. The normalized spacial score (nSPS) is 12.0. The van der Waals surface area contributed by atoms with Gasteiger partial charge in [0.05, 0.1) is 12.8 Å². The van der Waals surface area contributed by atoms with E-state index in [-0.39, 0.29) is 11.9 Å². The van der Waals surface area contributed by atoms with Gasteiger partial charge in [0.2, 0.25) is 0 Å². The lowest BCUT2D eigenvalue weighted by Crippen LogP contribution is -2.35. The minimum absolute atomic E-state index is 0.0621. The van der Waals surface area contributed by atoms with Gasteiger partial charge in [-0.1, -0.05) is 29.8 Å². The summed E-state index contributed by atoms with van der Waals surface area (Å²) in [5.41, 5.74) is 5.76. The second-order valence-electron chi connectivity index (χ2n) is 6.48. The van der Waals surface area contributed by atoms with Crippen LogP contribution in [-0.4, -0.2) is 35.9 Å².